The van der Waals surface area contributed by atoms with Crippen molar-refractivity contribution in [2.75, 3.05) is 33.8 Å². The average Bonchev–Trinajstić information content (AvgIpc) is 3.45. The van der Waals surface area contributed by atoms with Crippen molar-refractivity contribution in [2.45, 2.75) is 31.8 Å². The van der Waals surface area contributed by atoms with Gasteiger partial charge in [0, 0.05) is 46.2 Å². The molecule has 0 bridgehead atoms. The van der Waals surface area contributed by atoms with Crippen molar-refractivity contribution < 1.29 is 14.3 Å². The van der Waals surface area contributed by atoms with E-state index in [1.54, 1.807) is 31.4 Å². The first-order chi connectivity index (χ1) is 14.5. The lowest BCUT2D eigenvalue weighted by Crippen LogP contribution is -2.46. The molecule has 2 atom stereocenters. The normalized spacial score (nSPS) is 23.5. The summed E-state index contributed by atoms with van der Waals surface area (Å²) >= 11 is 0. The van der Waals surface area contributed by atoms with Gasteiger partial charge in [-0.1, -0.05) is 24.3 Å². The molecule has 2 saturated heterocycles. The van der Waals surface area contributed by atoms with Crippen LogP contribution in [0, 0.1) is 5.41 Å². The number of pyridine rings is 1. The Morgan fingerprint density at radius 3 is 2.70 bits per heavy atom. The van der Waals surface area contributed by atoms with Gasteiger partial charge in [0.2, 0.25) is 5.91 Å². The molecule has 2 unspecified atom stereocenters. The van der Waals surface area contributed by atoms with Gasteiger partial charge in [-0.25, -0.2) is 0 Å². The van der Waals surface area contributed by atoms with Crippen molar-refractivity contribution in [1.29, 1.82) is 0 Å². The topological polar surface area (TPSA) is 62.7 Å². The Hall–Kier alpha value is -2.73. The highest BCUT2D eigenvalue weighted by Gasteiger charge is 2.47. The number of nitrogens with zero attached hydrogens (tertiary/aromatic N) is 3. The fraction of sp³-hybridized carbons (Fsp3) is 0.458. The summed E-state index contributed by atoms with van der Waals surface area (Å²) < 4.78 is 5.59. The van der Waals surface area contributed by atoms with Gasteiger partial charge in [-0.3, -0.25) is 14.6 Å². The molecule has 2 fully saturated rings. The summed E-state index contributed by atoms with van der Waals surface area (Å²) in [6.45, 7) is 1.69. The van der Waals surface area contributed by atoms with Crippen LogP contribution in [0.15, 0.2) is 48.8 Å². The molecule has 4 rings (SSSR count). The van der Waals surface area contributed by atoms with Crippen molar-refractivity contribution in [3.05, 3.63) is 54.4 Å². The molecule has 2 aliphatic rings. The van der Waals surface area contributed by atoms with Gasteiger partial charge >= 0.3 is 0 Å². The molecule has 0 spiro atoms. The Labute approximate surface area is 177 Å². The van der Waals surface area contributed by atoms with Crippen LogP contribution in [0.4, 0.5) is 0 Å². The number of aromatic nitrogens is 1. The predicted molar refractivity (Wildman–Crippen MR) is 115 cm³/mol. The maximum atomic E-state index is 13.3. The van der Waals surface area contributed by atoms with Crippen LogP contribution in [-0.4, -0.2) is 66.5 Å². The van der Waals surface area contributed by atoms with Crippen LogP contribution in [-0.2, 0) is 20.7 Å². The summed E-state index contributed by atoms with van der Waals surface area (Å²) in [4.78, 5) is 33.7. The molecule has 0 N–H and O–H groups in total. The van der Waals surface area contributed by atoms with Gasteiger partial charge in [-0.05, 0) is 54.5 Å². The second kappa shape index (κ2) is 8.56. The Balaban J connectivity index is 1.58. The van der Waals surface area contributed by atoms with E-state index in [1.165, 1.54) is 0 Å². The van der Waals surface area contributed by atoms with Crippen molar-refractivity contribution in [3.8, 4) is 11.1 Å². The van der Waals surface area contributed by atoms with E-state index in [4.69, 9.17) is 4.74 Å². The van der Waals surface area contributed by atoms with Crippen LogP contribution < -0.4 is 0 Å². The van der Waals surface area contributed by atoms with Crippen LogP contribution in [0.3, 0.4) is 0 Å². The third-order valence-corrected chi connectivity index (χ3v) is 6.21. The van der Waals surface area contributed by atoms with Crippen LogP contribution >= 0.6 is 0 Å². The standard InChI is InChI=1S/C24H29N3O3/c1-26(2)23(29)24(10-13-27(17-24)22(28)21-7-4-14-30-21)16-18-5-3-6-20(15-18)19-8-11-25-12-9-19/h3,5-6,8-9,11-12,15,21H,4,7,10,13-14,16-17H2,1-2H3. The number of ether oxygens (including phenoxy) is 1. The second-order valence-corrected chi connectivity index (χ2v) is 8.60. The van der Waals surface area contributed by atoms with Crippen LogP contribution in [0.5, 0.6) is 0 Å². The molecular weight excluding hydrogens is 378 g/mol. The van der Waals surface area contributed by atoms with Crippen molar-refractivity contribution in [1.82, 2.24) is 14.8 Å². The molecule has 1 aromatic carbocycles. The first-order valence-corrected chi connectivity index (χ1v) is 10.6. The number of hydrogen-bond donors (Lipinski definition) is 0. The summed E-state index contributed by atoms with van der Waals surface area (Å²) in [5, 5.41) is 0. The minimum Gasteiger partial charge on any atom is -0.368 e. The molecular formula is C24H29N3O3. The molecule has 1 aromatic heterocycles. The third kappa shape index (κ3) is 4.10. The zero-order chi connectivity index (χ0) is 21.1. The molecule has 0 radical (unpaired) electrons. The van der Waals surface area contributed by atoms with E-state index in [2.05, 4.69) is 23.2 Å². The Kier molecular flexibility index (Phi) is 5.86. The van der Waals surface area contributed by atoms with Gasteiger partial charge in [0.1, 0.15) is 6.10 Å². The number of benzene rings is 1. The summed E-state index contributed by atoms with van der Waals surface area (Å²) in [7, 11) is 3.59. The quantitative estimate of drug-likeness (QED) is 0.765. The highest BCUT2D eigenvalue weighted by molar-refractivity contribution is 5.87. The molecule has 158 valence electrons. The van der Waals surface area contributed by atoms with E-state index in [0.717, 1.165) is 29.5 Å². The van der Waals surface area contributed by atoms with Crippen LogP contribution in [0.2, 0.25) is 0 Å². The first-order valence-electron chi connectivity index (χ1n) is 10.6. The lowest BCUT2D eigenvalue weighted by molar-refractivity contribution is -0.142. The van der Waals surface area contributed by atoms with Gasteiger partial charge in [0.05, 0.1) is 5.41 Å². The summed E-state index contributed by atoms with van der Waals surface area (Å²) in [6.07, 6.45) is 6.20. The molecule has 2 aromatic rings. The fourth-order valence-electron chi connectivity index (χ4n) is 4.70. The smallest absolute Gasteiger partial charge is 0.251 e. The zero-order valence-corrected chi connectivity index (χ0v) is 17.7. The van der Waals surface area contributed by atoms with E-state index in [0.29, 0.717) is 32.5 Å². The number of carbonyl (C=O) groups excluding carboxylic acids is 2. The summed E-state index contributed by atoms with van der Waals surface area (Å²) in [5.74, 6) is 0.117. The van der Waals surface area contributed by atoms with E-state index < -0.39 is 5.41 Å². The molecule has 0 saturated carbocycles. The first kappa shape index (κ1) is 20.5. The lowest BCUT2D eigenvalue weighted by Gasteiger charge is -2.31. The Morgan fingerprint density at radius 1 is 1.20 bits per heavy atom. The number of amides is 2. The van der Waals surface area contributed by atoms with Gasteiger partial charge < -0.3 is 14.5 Å². The second-order valence-electron chi connectivity index (χ2n) is 8.60. The van der Waals surface area contributed by atoms with Gasteiger partial charge in [-0.15, -0.1) is 0 Å². The SMILES string of the molecule is CN(C)C(=O)C1(Cc2cccc(-c3ccncc3)c2)CCN(C(=O)C2CCCO2)C1. The van der Waals surface area contributed by atoms with Gasteiger partial charge in [0.15, 0.2) is 0 Å². The number of carbonyl (C=O) groups is 2. The van der Waals surface area contributed by atoms with E-state index >= 15 is 0 Å². The van der Waals surface area contributed by atoms with Gasteiger partial charge in [0.25, 0.3) is 5.91 Å². The largest absolute Gasteiger partial charge is 0.368 e. The van der Waals surface area contributed by atoms with Crippen molar-refractivity contribution >= 4 is 11.8 Å². The third-order valence-electron chi connectivity index (χ3n) is 6.21. The minimum atomic E-state index is -0.603. The summed E-state index contributed by atoms with van der Waals surface area (Å²) in [5.41, 5.74) is 2.70. The number of likely N-dealkylation sites (tertiary alicyclic amines) is 1. The minimum absolute atomic E-state index is 0.0338. The Bertz CT molecular complexity index is 909. The highest BCUT2D eigenvalue weighted by atomic mass is 16.5. The van der Waals surface area contributed by atoms with Crippen molar-refractivity contribution in [2.24, 2.45) is 5.41 Å². The van der Waals surface area contributed by atoms with Gasteiger partial charge in [-0.2, -0.15) is 0 Å². The predicted octanol–water partition coefficient (Wildman–Crippen LogP) is 2.78. The molecule has 6 nitrogen and oxygen atoms in total. The maximum absolute atomic E-state index is 13.3. The average molecular weight is 408 g/mol. The lowest BCUT2D eigenvalue weighted by atomic mass is 9.79. The number of hydrogen-bond acceptors (Lipinski definition) is 4. The Morgan fingerprint density at radius 2 is 2.00 bits per heavy atom. The number of rotatable bonds is 5. The molecule has 2 amide bonds. The maximum Gasteiger partial charge on any atom is 0.251 e. The van der Waals surface area contributed by atoms with E-state index in [1.807, 2.05) is 23.1 Å². The zero-order valence-electron chi connectivity index (χ0n) is 17.7. The van der Waals surface area contributed by atoms with Crippen molar-refractivity contribution in [3.63, 3.8) is 0 Å². The van der Waals surface area contributed by atoms with Crippen LogP contribution in [0.1, 0.15) is 24.8 Å². The van der Waals surface area contributed by atoms with E-state index in [9.17, 15) is 9.59 Å². The molecule has 30 heavy (non-hydrogen) atoms. The molecule has 3 heterocycles. The van der Waals surface area contributed by atoms with E-state index in [-0.39, 0.29) is 17.9 Å². The molecule has 0 aliphatic carbocycles. The molecule has 2 aliphatic heterocycles. The fourth-order valence-corrected chi connectivity index (χ4v) is 4.70. The molecule has 6 heteroatoms. The summed E-state index contributed by atoms with van der Waals surface area (Å²) in [6, 6.07) is 12.3. The monoisotopic (exact) mass is 407 g/mol. The van der Waals surface area contributed by atoms with Crippen LogP contribution in [0.25, 0.3) is 11.1 Å². The highest BCUT2D eigenvalue weighted by Crippen LogP contribution is 2.37.